The summed E-state index contributed by atoms with van der Waals surface area (Å²) in [4.78, 5) is 36.9. The van der Waals surface area contributed by atoms with Gasteiger partial charge in [-0.3, -0.25) is 14.4 Å². The van der Waals surface area contributed by atoms with Crippen LogP contribution in [0, 0.1) is 11.3 Å². The highest BCUT2D eigenvalue weighted by Crippen LogP contribution is 2.46. The number of nitrogens with zero attached hydrogens (tertiary/aromatic N) is 2. The lowest BCUT2D eigenvalue weighted by Crippen LogP contribution is -2.41. The molecule has 1 fully saturated rings. The number of anilines is 1. The van der Waals surface area contributed by atoms with E-state index < -0.39 is 21.2 Å². The first kappa shape index (κ1) is 14.0. The first-order valence-electron chi connectivity index (χ1n) is 6.30. The Balaban J connectivity index is 2.05. The lowest BCUT2D eigenvalue weighted by molar-refractivity contribution is -0.139. The summed E-state index contributed by atoms with van der Waals surface area (Å²) in [6.07, 6.45) is 0.210. The highest BCUT2D eigenvalue weighted by Gasteiger charge is 2.56. The molecule has 2 aliphatic rings. The van der Waals surface area contributed by atoms with Gasteiger partial charge in [0.1, 0.15) is 6.04 Å². The van der Waals surface area contributed by atoms with Gasteiger partial charge in [-0.05, 0) is 11.6 Å². The van der Waals surface area contributed by atoms with Gasteiger partial charge in [0.15, 0.2) is 0 Å². The quantitative estimate of drug-likeness (QED) is 0.436. The number of para-hydroxylation sites is 1. The van der Waals surface area contributed by atoms with Crippen LogP contribution in [0.3, 0.4) is 0 Å². The summed E-state index contributed by atoms with van der Waals surface area (Å²) in [5, 5.41) is 12.0. The summed E-state index contributed by atoms with van der Waals surface area (Å²) in [6, 6.07) is 8.49. The average molecular weight is 395 g/mol. The number of halogens is 1. The van der Waals surface area contributed by atoms with E-state index in [0.29, 0.717) is 5.69 Å². The number of hydrogen-bond acceptors (Lipinski definition) is 4. The van der Waals surface area contributed by atoms with Crippen molar-refractivity contribution in [2.75, 3.05) is 11.9 Å². The summed E-state index contributed by atoms with van der Waals surface area (Å²) >= 11 is 1.40. The monoisotopic (exact) mass is 395 g/mol. The zero-order chi connectivity index (χ0) is 15.2. The minimum atomic E-state index is -0.932. The summed E-state index contributed by atoms with van der Waals surface area (Å²) in [5.74, 6) is -0.948. The van der Waals surface area contributed by atoms with Crippen LogP contribution >= 0.6 is 22.6 Å². The molecule has 0 aromatic heterocycles. The van der Waals surface area contributed by atoms with Gasteiger partial charge in [-0.2, -0.15) is 5.26 Å². The normalized spacial score (nSPS) is 26.4. The number of rotatable bonds is 1. The van der Waals surface area contributed by atoms with Crippen LogP contribution in [0.5, 0.6) is 0 Å². The lowest BCUT2D eigenvalue weighted by atomic mass is 9.80. The van der Waals surface area contributed by atoms with Gasteiger partial charge in [-0.1, -0.05) is 18.2 Å². The van der Waals surface area contributed by atoms with Crippen LogP contribution in [0.4, 0.5) is 5.69 Å². The van der Waals surface area contributed by atoms with Crippen molar-refractivity contribution in [1.82, 2.24) is 4.90 Å². The van der Waals surface area contributed by atoms with Crippen molar-refractivity contribution in [3.63, 3.8) is 0 Å². The second-order valence-corrected chi connectivity index (χ2v) is 6.12. The maximum atomic E-state index is 12.4. The summed E-state index contributed by atoms with van der Waals surface area (Å²) in [6.45, 7) is 0.0572. The highest BCUT2D eigenvalue weighted by molar-refractivity contribution is 14.1. The second kappa shape index (κ2) is 4.80. The van der Waals surface area contributed by atoms with Gasteiger partial charge in [-0.25, -0.2) is 0 Å². The average Bonchev–Trinajstić information content (AvgIpc) is 2.99. The van der Waals surface area contributed by atoms with E-state index in [0.717, 1.165) is 5.56 Å². The van der Waals surface area contributed by atoms with E-state index in [1.54, 1.807) is 6.07 Å². The molecule has 0 aliphatic carbocycles. The molecule has 7 heteroatoms. The van der Waals surface area contributed by atoms with Crippen LogP contribution in [-0.2, 0) is 19.8 Å². The zero-order valence-electron chi connectivity index (χ0n) is 10.8. The first-order chi connectivity index (χ1) is 9.99. The fourth-order valence-electron chi connectivity index (χ4n) is 3.08. The molecule has 106 valence electrons. The SMILES string of the molecule is N#CC1CC2(CN1C(=O)C(=O)I)C(=O)Nc1ccccc12. The molecule has 21 heavy (non-hydrogen) atoms. The number of hydrogen-bond donors (Lipinski definition) is 1. The van der Waals surface area contributed by atoms with Crippen LogP contribution in [0.25, 0.3) is 0 Å². The van der Waals surface area contributed by atoms with Gasteiger partial charge in [-0.15, -0.1) is 0 Å². The van der Waals surface area contributed by atoms with Gasteiger partial charge >= 0.3 is 5.91 Å². The number of amides is 2. The van der Waals surface area contributed by atoms with Gasteiger partial charge in [0.2, 0.25) is 5.91 Å². The van der Waals surface area contributed by atoms with Crippen molar-refractivity contribution in [2.24, 2.45) is 0 Å². The van der Waals surface area contributed by atoms with Gasteiger partial charge in [0, 0.05) is 41.2 Å². The number of carbonyl (C=O) groups excluding carboxylic acids is 3. The van der Waals surface area contributed by atoms with Crippen LogP contribution < -0.4 is 5.32 Å². The fraction of sp³-hybridized carbons (Fsp3) is 0.286. The molecule has 6 nitrogen and oxygen atoms in total. The molecular weight excluding hydrogens is 385 g/mol. The molecule has 1 N–H and O–H groups in total. The summed E-state index contributed by atoms with van der Waals surface area (Å²) < 4.78 is -0.656. The van der Waals surface area contributed by atoms with E-state index >= 15 is 0 Å². The molecule has 2 atom stereocenters. The Labute approximate surface area is 134 Å². The molecular formula is C14H10IN3O3. The number of fused-ring (bicyclic) bond motifs is 2. The maximum Gasteiger partial charge on any atom is 0.301 e. The summed E-state index contributed by atoms with van der Waals surface area (Å²) in [5.41, 5.74) is 0.555. The van der Waals surface area contributed by atoms with Crippen LogP contribution in [0.1, 0.15) is 12.0 Å². The van der Waals surface area contributed by atoms with Crippen molar-refractivity contribution >= 4 is 43.9 Å². The third kappa shape index (κ3) is 1.93. The Morgan fingerprint density at radius 3 is 2.81 bits per heavy atom. The van der Waals surface area contributed by atoms with E-state index in [9.17, 15) is 19.6 Å². The van der Waals surface area contributed by atoms with E-state index in [4.69, 9.17) is 0 Å². The molecule has 0 radical (unpaired) electrons. The van der Waals surface area contributed by atoms with Gasteiger partial charge in [0.05, 0.1) is 11.5 Å². The van der Waals surface area contributed by atoms with Gasteiger partial charge < -0.3 is 10.2 Å². The molecule has 0 saturated carbocycles. The van der Waals surface area contributed by atoms with Crippen molar-refractivity contribution in [2.45, 2.75) is 17.9 Å². The van der Waals surface area contributed by atoms with E-state index in [1.165, 1.54) is 27.5 Å². The van der Waals surface area contributed by atoms with Gasteiger partial charge in [0.25, 0.3) is 3.79 Å². The van der Waals surface area contributed by atoms with Crippen molar-refractivity contribution in [3.05, 3.63) is 29.8 Å². The van der Waals surface area contributed by atoms with E-state index in [-0.39, 0.29) is 18.9 Å². The Morgan fingerprint density at radius 2 is 2.14 bits per heavy atom. The molecule has 1 aromatic rings. The number of carbonyl (C=O) groups is 3. The number of nitriles is 1. The topological polar surface area (TPSA) is 90.3 Å². The number of likely N-dealkylation sites (tertiary alicyclic amines) is 1. The lowest BCUT2D eigenvalue weighted by Gasteiger charge is -2.21. The second-order valence-electron chi connectivity index (χ2n) is 5.14. The first-order valence-corrected chi connectivity index (χ1v) is 7.38. The largest absolute Gasteiger partial charge is 0.325 e. The third-order valence-electron chi connectivity index (χ3n) is 4.06. The Bertz CT molecular complexity index is 712. The molecule has 1 saturated heterocycles. The molecule has 3 rings (SSSR count). The molecule has 2 aliphatic heterocycles. The predicted molar refractivity (Wildman–Crippen MR) is 81.5 cm³/mol. The van der Waals surface area contributed by atoms with Crippen LogP contribution in [0.15, 0.2) is 24.3 Å². The van der Waals surface area contributed by atoms with E-state index in [1.807, 2.05) is 24.3 Å². The van der Waals surface area contributed by atoms with Crippen LogP contribution in [0.2, 0.25) is 0 Å². The Morgan fingerprint density at radius 1 is 1.43 bits per heavy atom. The Hall–Kier alpha value is -1.95. The molecule has 2 heterocycles. The fourth-order valence-corrected chi connectivity index (χ4v) is 3.39. The minimum absolute atomic E-state index is 0.0572. The minimum Gasteiger partial charge on any atom is -0.325 e. The predicted octanol–water partition coefficient (Wildman–Crippen LogP) is 0.963. The number of benzene rings is 1. The molecule has 1 aromatic carbocycles. The molecule has 0 bridgehead atoms. The van der Waals surface area contributed by atoms with Crippen molar-refractivity contribution in [1.29, 1.82) is 5.26 Å². The molecule has 2 amide bonds. The smallest absolute Gasteiger partial charge is 0.301 e. The zero-order valence-corrected chi connectivity index (χ0v) is 13.0. The summed E-state index contributed by atoms with van der Waals surface area (Å²) in [7, 11) is 0. The Kier molecular flexibility index (Phi) is 3.20. The van der Waals surface area contributed by atoms with Crippen molar-refractivity contribution < 1.29 is 14.4 Å². The van der Waals surface area contributed by atoms with Crippen molar-refractivity contribution in [3.8, 4) is 6.07 Å². The molecule has 2 unspecified atom stereocenters. The number of nitrogens with one attached hydrogen (secondary N) is 1. The van der Waals surface area contributed by atoms with Crippen LogP contribution in [-0.4, -0.2) is 33.1 Å². The standard InChI is InChI=1S/C14H10IN3O3/c15-11(19)12(20)18-7-14(5-8(18)6-16)9-3-1-2-4-10(9)17-13(14)21/h1-4,8H,5,7H2,(H,17,21). The maximum absolute atomic E-state index is 12.4. The highest BCUT2D eigenvalue weighted by atomic mass is 127. The third-order valence-corrected chi connectivity index (χ3v) is 4.52. The molecule has 1 spiro atoms. The van der Waals surface area contributed by atoms with E-state index in [2.05, 4.69) is 5.32 Å².